The molecular weight excluding hydrogens is 214 g/mol. The number of para-hydroxylation sites is 1. The SMILES string of the molecule is COc1ccccc1-c1cc2ncccc2o1. The zero-order valence-corrected chi connectivity index (χ0v) is 9.38. The molecule has 0 aliphatic heterocycles. The largest absolute Gasteiger partial charge is 0.496 e. The van der Waals surface area contributed by atoms with E-state index in [0.717, 1.165) is 28.2 Å². The third-order valence-corrected chi connectivity index (χ3v) is 2.66. The number of methoxy groups -OCH3 is 1. The molecule has 0 aliphatic carbocycles. The molecule has 0 saturated heterocycles. The number of fused-ring (bicyclic) bond motifs is 1. The monoisotopic (exact) mass is 225 g/mol. The Hall–Kier alpha value is -2.29. The molecular formula is C14H11NO2. The number of ether oxygens (including phenoxy) is 1. The van der Waals surface area contributed by atoms with Crippen molar-refractivity contribution in [3.63, 3.8) is 0 Å². The summed E-state index contributed by atoms with van der Waals surface area (Å²) in [6, 6.07) is 13.5. The van der Waals surface area contributed by atoms with Crippen LogP contribution in [0.25, 0.3) is 22.4 Å². The van der Waals surface area contributed by atoms with Crippen molar-refractivity contribution in [2.45, 2.75) is 0 Å². The number of aromatic nitrogens is 1. The van der Waals surface area contributed by atoms with Crippen LogP contribution in [0.3, 0.4) is 0 Å². The molecule has 0 radical (unpaired) electrons. The Morgan fingerprint density at radius 2 is 2.00 bits per heavy atom. The van der Waals surface area contributed by atoms with E-state index in [1.54, 1.807) is 13.3 Å². The maximum atomic E-state index is 5.75. The quantitative estimate of drug-likeness (QED) is 0.669. The van der Waals surface area contributed by atoms with E-state index in [1.165, 1.54) is 0 Å². The Morgan fingerprint density at radius 3 is 2.82 bits per heavy atom. The summed E-state index contributed by atoms with van der Waals surface area (Å²) in [6.45, 7) is 0. The highest BCUT2D eigenvalue weighted by molar-refractivity contribution is 5.80. The summed E-state index contributed by atoms with van der Waals surface area (Å²) in [5, 5.41) is 0. The molecule has 0 unspecified atom stereocenters. The maximum absolute atomic E-state index is 5.75. The Balaban J connectivity index is 2.20. The summed E-state index contributed by atoms with van der Waals surface area (Å²) in [6.07, 6.45) is 1.75. The molecule has 3 rings (SSSR count). The first kappa shape index (κ1) is 9.90. The molecule has 0 saturated carbocycles. The topological polar surface area (TPSA) is 35.3 Å². The second-order valence-electron chi connectivity index (χ2n) is 3.70. The molecule has 1 aromatic carbocycles. The van der Waals surface area contributed by atoms with Gasteiger partial charge in [0.25, 0.3) is 0 Å². The lowest BCUT2D eigenvalue weighted by atomic mass is 10.1. The molecule has 3 aromatic rings. The molecule has 0 atom stereocenters. The molecule has 0 bridgehead atoms. The van der Waals surface area contributed by atoms with Gasteiger partial charge in [0, 0.05) is 12.3 Å². The lowest BCUT2D eigenvalue weighted by molar-refractivity contribution is 0.415. The second kappa shape index (κ2) is 3.94. The highest BCUT2D eigenvalue weighted by atomic mass is 16.5. The highest BCUT2D eigenvalue weighted by Crippen LogP contribution is 2.32. The molecule has 0 spiro atoms. The van der Waals surface area contributed by atoms with Crippen molar-refractivity contribution < 1.29 is 9.15 Å². The lowest BCUT2D eigenvalue weighted by Gasteiger charge is -2.04. The number of pyridine rings is 1. The van der Waals surface area contributed by atoms with Gasteiger partial charge in [-0.15, -0.1) is 0 Å². The van der Waals surface area contributed by atoms with E-state index in [2.05, 4.69) is 4.98 Å². The highest BCUT2D eigenvalue weighted by Gasteiger charge is 2.10. The number of rotatable bonds is 2. The Labute approximate surface area is 98.7 Å². The van der Waals surface area contributed by atoms with E-state index in [4.69, 9.17) is 9.15 Å². The minimum atomic E-state index is 0.774. The molecule has 0 amide bonds. The van der Waals surface area contributed by atoms with Crippen molar-refractivity contribution in [1.82, 2.24) is 4.98 Å². The smallest absolute Gasteiger partial charge is 0.153 e. The van der Waals surface area contributed by atoms with Crippen molar-refractivity contribution in [3.05, 3.63) is 48.7 Å². The van der Waals surface area contributed by atoms with Gasteiger partial charge in [0.2, 0.25) is 0 Å². The first-order valence-corrected chi connectivity index (χ1v) is 5.36. The van der Waals surface area contributed by atoms with Crippen LogP contribution in [-0.2, 0) is 0 Å². The number of hydrogen-bond donors (Lipinski definition) is 0. The van der Waals surface area contributed by atoms with E-state index < -0.39 is 0 Å². The van der Waals surface area contributed by atoms with Crippen molar-refractivity contribution in [3.8, 4) is 17.1 Å². The zero-order valence-electron chi connectivity index (χ0n) is 9.38. The van der Waals surface area contributed by atoms with E-state index in [1.807, 2.05) is 42.5 Å². The van der Waals surface area contributed by atoms with E-state index >= 15 is 0 Å². The van der Waals surface area contributed by atoms with Crippen LogP contribution in [0.15, 0.2) is 53.1 Å². The Morgan fingerprint density at radius 1 is 1.12 bits per heavy atom. The fourth-order valence-corrected chi connectivity index (χ4v) is 1.85. The van der Waals surface area contributed by atoms with Gasteiger partial charge in [-0.3, -0.25) is 4.98 Å². The molecule has 3 nitrogen and oxygen atoms in total. The van der Waals surface area contributed by atoms with Crippen molar-refractivity contribution in [1.29, 1.82) is 0 Å². The third kappa shape index (κ3) is 1.65. The van der Waals surface area contributed by atoms with Crippen LogP contribution in [0.1, 0.15) is 0 Å². The van der Waals surface area contributed by atoms with Gasteiger partial charge in [0.15, 0.2) is 5.58 Å². The molecule has 17 heavy (non-hydrogen) atoms. The standard InChI is InChI=1S/C14H11NO2/c1-16-12-6-3-2-5-10(12)14-9-11-13(17-14)7-4-8-15-11/h2-9H,1H3. The van der Waals surface area contributed by atoms with Crippen molar-refractivity contribution in [2.75, 3.05) is 7.11 Å². The molecule has 2 heterocycles. The number of hydrogen-bond acceptors (Lipinski definition) is 3. The molecule has 0 fully saturated rings. The van der Waals surface area contributed by atoms with Crippen LogP contribution in [0, 0.1) is 0 Å². The average molecular weight is 225 g/mol. The predicted molar refractivity (Wildman–Crippen MR) is 66.0 cm³/mol. The average Bonchev–Trinajstić information content (AvgIpc) is 2.82. The van der Waals surface area contributed by atoms with Gasteiger partial charge in [-0.1, -0.05) is 12.1 Å². The fraction of sp³-hybridized carbons (Fsp3) is 0.0714. The number of furan rings is 1. The summed E-state index contributed by atoms with van der Waals surface area (Å²) in [5.74, 6) is 1.57. The predicted octanol–water partition coefficient (Wildman–Crippen LogP) is 3.50. The third-order valence-electron chi connectivity index (χ3n) is 2.66. The Bertz CT molecular complexity index is 625. The maximum Gasteiger partial charge on any atom is 0.153 e. The minimum Gasteiger partial charge on any atom is -0.496 e. The van der Waals surface area contributed by atoms with Crippen LogP contribution in [0.4, 0.5) is 0 Å². The van der Waals surface area contributed by atoms with Gasteiger partial charge < -0.3 is 9.15 Å². The van der Waals surface area contributed by atoms with Gasteiger partial charge in [-0.2, -0.15) is 0 Å². The van der Waals surface area contributed by atoms with E-state index in [-0.39, 0.29) is 0 Å². The van der Waals surface area contributed by atoms with Crippen molar-refractivity contribution in [2.24, 2.45) is 0 Å². The van der Waals surface area contributed by atoms with E-state index in [0.29, 0.717) is 0 Å². The first-order valence-electron chi connectivity index (χ1n) is 5.36. The van der Waals surface area contributed by atoms with Crippen LogP contribution in [-0.4, -0.2) is 12.1 Å². The Kier molecular flexibility index (Phi) is 2.29. The van der Waals surface area contributed by atoms with Crippen LogP contribution < -0.4 is 4.74 Å². The van der Waals surface area contributed by atoms with Gasteiger partial charge in [0.1, 0.15) is 17.0 Å². The minimum absolute atomic E-state index is 0.774. The lowest BCUT2D eigenvalue weighted by Crippen LogP contribution is -1.85. The summed E-state index contributed by atoms with van der Waals surface area (Å²) in [5.41, 5.74) is 2.58. The van der Waals surface area contributed by atoms with Gasteiger partial charge >= 0.3 is 0 Å². The fourth-order valence-electron chi connectivity index (χ4n) is 1.85. The van der Waals surface area contributed by atoms with Gasteiger partial charge in [-0.05, 0) is 24.3 Å². The van der Waals surface area contributed by atoms with Crippen LogP contribution in [0.2, 0.25) is 0 Å². The summed E-state index contributed by atoms with van der Waals surface area (Å²) >= 11 is 0. The first-order chi connectivity index (χ1) is 8.38. The van der Waals surface area contributed by atoms with Crippen molar-refractivity contribution >= 4 is 11.1 Å². The van der Waals surface area contributed by atoms with E-state index in [9.17, 15) is 0 Å². The zero-order chi connectivity index (χ0) is 11.7. The number of nitrogens with zero attached hydrogens (tertiary/aromatic N) is 1. The molecule has 0 N–H and O–H groups in total. The summed E-state index contributed by atoms with van der Waals surface area (Å²) in [4.78, 5) is 4.25. The molecule has 0 aliphatic rings. The van der Waals surface area contributed by atoms with Gasteiger partial charge in [0.05, 0.1) is 12.7 Å². The number of benzene rings is 1. The molecule has 3 heteroatoms. The van der Waals surface area contributed by atoms with Crippen LogP contribution in [0.5, 0.6) is 5.75 Å². The normalized spacial score (nSPS) is 10.6. The summed E-state index contributed by atoms with van der Waals surface area (Å²) in [7, 11) is 1.65. The summed E-state index contributed by atoms with van der Waals surface area (Å²) < 4.78 is 11.1. The molecule has 84 valence electrons. The van der Waals surface area contributed by atoms with Crippen LogP contribution >= 0.6 is 0 Å². The second-order valence-corrected chi connectivity index (χ2v) is 3.70. The molecule has 2 aromatic heterocycles. The van der Waals surface area contributed by atoms with Gasteiger partial charge in [-0.25, -0.2) is 0 Å².